The Morgan fingerprint density at radius 2 is 2.00 bits per heavy atom. The molecule has 2 aromatic rings. The summed E-state index contributed by atoms with van der Waals surface area (Å²) >= 11 is 0. The zero-order chi connectivity index (χ0) is 18.3. The molecular weight excluding hydrogens is 338 g/mol. The molecule has 3 aliphatic rings. The van der Waals surface area contributed by atoms with Crippen molar-refractivity contribution in [1.29, 1.82) is 0 Å². The molecule has 5 nitrogen and oxygen atoms in total. The Labute approximate surface area is 160 Å². The minimum absolute atomic E-state index is 0.0132. The van der Waals surface area contributed by atoms with Crippen LogP contribution in [0.5, 0.6) is 5.75 Å². The molecule has 1 amide bonds. The number of hydrogen-bond donors (Lipinski definition) is 2. The number of fused-ring (bicyclic) bond motifs is 1. The topological polar surface area (TPSA) is 57.4 Å². The highest BCUT2D eigenvalue weighted by Crippen LogP contribution is 2.44. The maximum atomic E-state index is 12.6. The van der Waals surface area contributed by atoms with Gasteiger partial charge < -0.3 is 19.9 Å². The number of benzene rings is 1. The molecule has 3 heterocycles. The van der Waals surface area contributed by atoms with Gasteiger partial charge in [0, 0.05) is 37.8 Å². The van der Waals surface area contributed by atoms with Crippen LogP contribution in [0.4, 0.5) is 0 Å². The lowest BCUT2D eigenvalue weighted by atomic mass is 9.80. The van der Waals surface area contributed by atoms with Gasteiger partial charge in [0.2, 0.25) is 0 Å². The zero-order valence-electron chi connectivity index (χ0n) is 15.6. The van der Waals surface area contributed by atoms with Crippen LogP contribution in [0, 0.1) is 5.92 Å². The van der Waals surface area contributed by atoms with E-state index in [2.05, 4.69) is 21.3 Å². The van der Waals surface area contributed by atoms with Crippen molar-refractivity contribution in [3.63, 3.8) is 0 Å². The molecule has 2 aliphatic heterocycles. The van der Waals surface area contributed by atoms with Crippen LogP contribution in [-0.2, 0) is 0 Å². The average Bonchev–Trinajstić information content (AvgIpc) is 3.32. The molecular formula is C22H27N3O2. The summed E-state index contributed by atoms with van der Waals surface area (Å²) in [5.74, 6) is 1.80. The van der Waals surface area contributed by atoms with Gasteiger partial charge in [-0.15, -0.1) is 0 Å². The molecule has 1 saturated heterocycles. The molecule has 5 heteroatoms. The number of piperidine rings is 1. The van der Waals surface area contributed by atoms with Crippen molar-refractivity contribution < 1.29 is 9.53 Å². The molecule has 1 saturated carbocycles. The molecule has 0 bridgehead atoms. The number of aromatic amines is 1. The second-order valence-corrected chi connectivity index (χ2v) is 8.38. The van der Waals surface area contributed by atoms with Crippen LogP contribution in [0.15, 0.2) is 42.6 Å². The van der Waals surface area contributed by atoms with Crippen molar-refractivity contribution in [3.8, 4) is 5.75 Å². The first-order chi connectivity index (χ1) is 13.2. The highest BCUT2D eigenvalue weighted by atomic mass is 16.5. The summed E-state index contributed by atoms with van der Waals surface area (Å²) in [7, 11) is 0. The quantitative estimate of drug-likeness (QED) is 0.872. The largest absolute Gasteiger partial charge is 0.487 e. The number of amides is 1. The van der Waals surface area contributed by atoms with E-state index in [-0.39, 0.29) is 17.6 Å². The summed E-state index contributed by atoms with van der Waals surface area (Å²) in [5, 5.41) is 3.24. The fraction of sp³-hybridized carbons (Fsp3) is 0.500. The number of carbonyl (C=O) groups is 1. The fourth-order valence-corrected chi connectivity index (χ4v) is 4.57. The Kier molecular flexibility index (Phi) is 4.20. The molecule has 1 aromatic carbocycles. The van der Waals surface area contributed by atoms with Crippen molar-refractivity contribution in [2.24, 2.45) is 5.92 Å². The Morgan fingerprint density at radius 1 is 1.19 bits per heavy atom. The van der Waals surface area contributed by atoms with E-state index in [1.807, 2.05) is 30.3 Å². The number of nitrogens with zero attached hydrogens (tertiary/aromatic N) is 1. The number of H-pyrrole nitrogens is 1. The molecule has 0 radical (unpaired) electrons. The number of para-hydroxylation sites is 1. The van der Waals surface area contributed by atoms with Crippen molar-refractivity contribution in [3.05, 3.63) is 53.9 Å². The van der Waals surface area contributed by atoms with Gasteiger partial charge in [-0.1, -0.05) is 18.2 Å². The van der Waals surface area contributed by atoms with Gasteiger partial charge in [-0.3, -0.25) is 4.79 Å². The maximum absolute atomic E-state index is 12.6. The summed E-state index contributed by atoms with van der Waals surface area (Å²) < 4.78 is 6.55. The minimum atomic E-state index is -0.165. The van der Waals surface area contributed by atoms with Crippen LogP contribution >= 0.6 is 0 Å². The van der Waals surface area contributed by atoms with E-state index in [0.717, 1.165) is 49.6 Å². The summed E-state index contributed by atoms with van der Waals surface area (Å²) in [6.45, 7) is 3.44. The van der Waals surface area contributed by atoms with Crippen LogP contribution in [0.3, 0.4) is 0 Å². The summed E-state index contributed by atoms with van der Waals surface area (Å²) in [5.41, 5.74) is 1.53. The average molecular weight is 365 g/mol. The van der Waals surface area contributed by atoms with Gasteiger partial charge in [0.25, 0.3) is 5.91 Å². The van der Waals surface area contributed by atoms with E-state index >= 15 is 0 Å². The molecule has 27 heavy (non-hydrogen) atoms. The number of rotatable bonds is 4. The third kappa shape index (κ3) is 3.48. The number of ether oxygens (including phenoxy) is 1. The molecule has 2 N–H and O–H groups in total. The molecule has 1 spiro atoms. The van der Waals surface area contributed by atoms with Gasteiger partial charge >= 0.3 is 0 Å². The number of hydrogen-bond acceptors (Lipinski definition) is 3. The van der Waals surface area contributed by atoms with Crippen LogP contribution in [-0.4, -0.2) is 41.0 Å². The summed E-state index contributed by atoms with van der Waals surface area (Å²) in [4.78, 5) is 18.2. The first-order valence-electron chi connectivity index (χ1n) is 10.2. The lowest BCUT2D eigenvalue weighted by Crippen LogP contribution is -2.52. The standard InChI is InChI=1S/C22H27N3O2/c26-21(18-5-3-11-23-18)24-19-14-22(27-20-6-2-1-4-17(19)20)9-12-25(13-10-22)15-16-7-8-16/h1-6,11,16,19,23H,7-10,12-15H2,(H,24,26)/t19-/m1/s1. The van der Waals surface area contributed by atoms with Gasteiger partial charge in [-0.05, 0) is 49.8 Å². The van der Waals surface area contributed by atoms with E-state index in [1.165, 1.54) is 19.4 Å². The van der Waals surface area contributed by atoms with Crippen LogP contribution in [0.2, 0.25) is 0 Å². The van der Waals surface area contributed by atoms with Gasteiger partial charge in [0.1, 0.15) is 17.0 Å². The van der Waals surface area contributed by atoms with Gasteiger partial charge in [0.15, 0.2) is 0 Å². The molecule has 1 atom stereocenters. The van der Waals surface area contributed by atoms with Crippen molar-refractivity contribution in [2.75, 3.05) is 19.6 Å². The van der Waals surface area contributed by atoms with Crippen molar-refractivity contribution in [2.45, 2.75) is 43.7 Å². The van der Waals surface area contributed by atoms with Crippen LogP contribution < -0.4 is 10.1 Å². The van der Waals surface area contributed by atoms with Gasteiger partial charge in [-0.25, -0.2) is 0 Å². The van der Waals surface area contributed by atoms with E-state index in [0.29, 0.717) is 5.69 Å². The molecule has 1 aliphatic carbocycles. The van der Waals surface area contributed by atoms with E-state index < -0.39 is 0 Å². The lowest BCUT2D eigenvalue weighted by Gasteiger charge is -2.47. The van der Waals surface area contributed by atoms with Gasteiger partial charge in [-0.2, -0.15) is 0 Å². The highest BCUT2D eigenvalue weighted by Gasteiger charge is 2.44. The van der Waals surface area contributed by atoms with Crippen molar-refractivity contribution >= 4 is 5.91 Å². The predicted octanol–water partition coefficient (Wildman–Crippen LogP) is 3.51. The predicted molar refractivity (Wildman–Crippen MR) is 104 cm³/mol. The number of aromatic nitrogens is 1. The fourth-order valence-electron chi connectivity index (χ4n) is 4.57. The highest BCUT2D eigenvalue weighted by molar-refractivity contribution is 5.92. The maximum Gasteiger partial charge on any atom is 0.268 e. The van der Waals surface area contributed by atoms with E-state index in [9.17, 15) is 4.79 Å². The number of carbonyl (C=O) groups excluding carboxylic acids is 1. The summed E-state index contributed by atoms with van der Waals surface area (Å²) in [6.07, 6.45) is 7.49. The Bertz CT molecular complexity index is 805. The molecule has 2 fully saturated rings. The molecule has 0 unspecified atom stereocenters. The second kappa shape index (κ2) is 6.71. The van der Waals surface area contributed by atoms with Gasteiger partial charge in [0.05, 0.1) is 6.04 Å². The van der Waals surface area contributed by atoms with Crippen molar-refractivity contribution in [1.82, 2.24) is 15.2 Å². The molecule has 1 aromatic heterocycles. The normalized spacial score (nSPS) is 24.2. The Morgan fingerprint density at radius 3 is 2.74 bits per heavy atom. The molecule has 142 valence electrons. The minimum Gasteiger partial charge on any atom is -0.487 e. The SMILES string of the molecule is O=C(N[C@@H]1CC2(CCN(CC3CC3)CC2)Oc2ccccc21)c1ccc[nH]1. The molecule has 5 rings (SSSR count). The first-order valence-corrected chi connectivity index (χ1v) is 10.2. The summed E-state index contributed by atoms with van der Waals surface area (Å²) in [6, 6.07) is 11.8. The number of nitrogens with one attached hydrogen (secondary N) is 2. The third-order valence-corrected chi connectivity index (χ3v) is 6.33. The monoisotopic (exact) mass is 365 g/mol. The first kappa shape index (κ1) is 16.9. The van der Waals surface area contributed by atoms with Crippen LogP contribution in [0.1, 0.15) is 54.2 Å². The second-order valence-electron chi connectivity index (χ2n) is 8.38. The number of likely N-dealkylation sites (tertiary alicyclic amines) is 1. The smallest absolute Gasteiger partial charge is 0.268 e. The van der Waals surface area contributed by atoms with E-state index in [4.69, 9.17) is 4.74 Å². The van der Waals surface area contributed by atoms with Crippen LogP contribution in [0.25, 0.3) is 0 Å². The Balaban J connectivity index is 1.34. The third-order valence-electron chi connectivity index (χ3n) is 6.33. The van der Waals surface area contributed by atoms with E-state index in [1.54, 1.807) is 6.20 Å². The lowest BCUT2D eigenvalue weighted by molar-refractivity contribution is -0.0254. The zero-order valence-corrected chi connectivity index (χ0v) is 15.6. The Hall–Kier alpha value is -2.27.